The Kier molecular flexibility index (Phi) is 6.81. The lowest BCUT2D eigenvalue weighted by Gasteiger charge is -2.32. The number of aromatic nitrogens is 2. The lowest BCUT2D eigenvalue weighted by Crippen LogP contribution is -2.43. The third-order valence-corrected chi connectivity index (χ3v) is 5.33. The molecule has 2 aromatic rings. The van der Waals surface area contributed by atoms with E-state index < -0.39 is 0 Å². The molecule has 1 fully saturated rings. The van der Waals surface area contributed by atoms with Crippen molar-refractivity contribution in [2.75, 3.05) is 45.7 Å². The maximum absolute atomic E-state index is 12.7. The number of hydrogen-bond donors (Lipinski definition) is 1. The quantitative estimate of drug-likeness (QED) is 0.790. The second-order valence-corrected chi connectivity index (χ2v) is 7.32. The Hall–Kier alpha value is -2.67. The van der Waals surface area contributed by atoms with E-state index in [1.165, 1.54) is 0 Å². The highest BCUT2D eigenvalue weighted by molar-refractivity contribution is 5.79. The van der Waals surface area contributed by atoms with Crippen molar-refractivity contribution in [2.45, 2.75) is 18.9 Å². The summed E-state index contributed by atoms with van der Waals surface area (Å²) < 4.78 is 5.23. The van der Waals surface area contributed by atoms with Crippen molar-refractivity contribution in [3.63, 3.8) is 0 Å². The second-order valence-electron chi connectivity index (χ2n) is 7.32. The van der Waals surface area contributed by atoms with Crippen molar-refractivity contribution >= 4 is 11.7 Å². The summed E-state index contributed by atoms with van der Waals surface area (Å²) in [6.45, 7) is 2.24. The first-order chi connectivity index (χ1) is 13.6. The molecule has 0 spiro atoms. The van der Waals surface area contributed by atoms with E-state index in [-0.39, 0.29) is 17.9 Å². The van der Waals surface area contributed by atoms with Crippen LogP contribution in [-0.2, 0) is 4.79 Å². The maximum Gasteiger partial charge on any atom is 0.223 e. The highest BCUT2D eigenvalue weighted by Gasteiger charge is 2.26. The highest BCUT2D eigenvalue weighted by atomic mass is 16.5. The smallest absolute Gasteiger partial charge is 0.223 e. The lowest BCUT2D eigenvalue weighted by atomic mass is 9.95. The summed E-state index contributed by atoms with van der Waals surface area (Å²) in [6.07, 6.45) is 6.81. The van der Waals surface area contributed by atoms with Crippen LogP contribution in [0.15, 0.2) is 42.9 Å². The fourth-order valence-corrected chi connectivity index (χ4v) is 3.59. The normalized spacial score (nSPS) is 16.1. The monoisotopic (exact) mass is 383 g/mol. The van der Waals surface area contributed by atoms with Gasteiger partial charge in [-0.15, -0.1) is 0 Å². The molecule has 1 aliphatic rings. The Bertz CT molecular complexity index is 743. The summed E-state index contributed by atoms with van der Waals surface area (Å²) in [5.41, 5.74) is 1.16. The van der Waals surface area contributed by atoms with Gasteiger partial charge in [-0.05, 0) is 44.6 Å². The second kappa shape index (κ2) is 9.50. The molecule has 0 aliphatic carbocycles. The number of hydrogen-bond acceptors (Lipinski definition) is 6. The molecule has 3 rings (SSSR count). The lowest BCUT2D eigenvalue weighted by molar-refractivity contribution is -0.125. The van der Waals surface area contributed by atoms with Gasteiger partial charge in [-0.3, -0.25) is 9.78 Å². The van der Waals surface area contributed by atoms with Crippen molar-refractivity contribution in [3.05, 3.63) is 48.4 Å². The summed E-state index contributed by atoms with van der Waals surface area (Å²) in [5.74, 6) is 1.90. The molecule has 0 radical (unpaired) electrons. The van der Waals surface area contributed by atoms with Crippen molar-refractivity contribution in [3.8, 4) is 5.75 Å². The van der Waals surface area contributed by atoms with Gasteiger partial charge in [0.2, 0.25) is 5.91 Å². The molecule has 0 bridgehead atoms. The molecule has 1 unspecified atom stereocenters. The zero-order valence-electron chi connectivity index (χ0n) is 16.8. The molecular formula is C21H29N5O2. The predicted octanol–water partition coefficient (Wildman–Crippen LogP) is 2.12. The molecule has 1 saturated heterocycles. The molecule has 1 aromatic heterocycles. The van der Waals surface area contributed by atoms with E-state index in [0.29, 0.717) is 6.54 Å². The Morgan fingerprint density at radius 3 is 2.54 bits per heavy atom. The standard InChI is InChI=1S/C21H29N5O2/c1-25(2)19(16-4-6-18(28-3)7-5-16)14-24-21(27)17-8-12-26(13-9-17)20-15-22-10-11-23-20/h4-7,10-11,15,17,19H,8-9,12-14H2,1-3H3,(H,24,27). The van der Waals surface area contributed by atoms with Gasteiger partial charge in [0.1, 0.15) is 11.6 Å². The zero-order chi connectivity index (χ0) is 19.9. The Labute approximate surface area is 166 Å². The minimum Gasteiger partial charge on any atom is -0.497 e. The van der Waals surface area contributed by atoms with Crippen LogP contribution in [0.25, 0.3) is 0 Å². The maximum atomic E-state index is 12.7. The number of piperidine rings is 1. The van der Waals surface area contributed by atoms with E-state index >= 15 is 0 Å². The average Bonchev–Trinajstić information content (AvgIpc) is 2.74. The van der Waals surface area contributed by atoms with Gasteiger partial charge in [-0.1, -0.05) is 12.1 Å². The van der Waals surface area contributed by atoms with E-state index in [1.807, 2.05) is 26.2 Å². The van der Waals surface area contributed by atoms with Crippen molar-refractivity contribution in [1.82, 2.24) is 20.2 Å². The Morgan fingerprint density at radius 1 is 1.25 bits per heavy atom. The first-order valence-corrected chi connectivity index (χ1v) is 9.67. The molecule has 7 nitrogen and oxygen atoms in total. The number of anilines is 1. The molecule has 1 N–H and O–H groups in total. The number of rotatable bonds is 7. The summed E-state index contributed by atoms with van der Waals surface area (Å²) in [5, 5.41) is 3.16. The number of nitrogens with zero attached hydrogens (tertiary/aromatic N) is 4. The van der Waals surface area contributed by atoms with Gasteiger partial charge < -0.3 is 19.9 Å². The molecule has 1 amide bonds. The number of benzene rings is 1. The van der Waals surface area contributed by atoms with Gasteiger partial charge in [-0.2, -0.15) is 0 Å². The molecule has 2 heterocycles. The number of likely N-dealkylation sites (N-methyl/N-ethyl adjacent to an activating group) is 1. The van der Waals surface area contributed by atoms with Crippen LogP contribution in [0.2, 0.25) is 0 Å². The van der Waals surface area contributed by atoms with E-state index in [9.17, 15) is 4.79 Å². The number of methoxy groups -OCH3 is 1. The van der Waals surface area contributed by atoms with Crippen LogP contribution in [-0.4, -0.2) is 61.6 Å². The summed E-state index contributed by atoms with van der Waals surface area (Å²) in [4.78, 5) is 25.5. The van der Waals surface area contributed by atoms with Crippen LogP contribution < -0.4 is 15.0 Å². The van der Waals surface area contributed by atoms with E-state index in [4.69, 9.17) is 4.74 Å². The molecule has 7 heteroatoms. The van der Waals surface area contributed by atoms with Crippen LogP contribution in [0.5, 0.6) is 5.75 Å². The van der Waals surface area contributed by atoms with Gasteiger partial charge in [-0.25, -0.2) is 4.98 Å². The van der Waals surface area contributed by atoms with Crippen LogP contribution in [0.1, 0.15) is 24.4 Å². The summed E-state index contributed by atoms with van der Waals surface area (Å²) >= 11 is 0. The van der Waals surface area contributed by atoms with Crippen molar-refractivity contribution in [1.29, 1.82) is 0 Å². The minimum atomic E-state index is 0.0478. The third kappa shape index (κ3) is 4.98. The van der Waals surface area contributed by atoms with Crippen molar-refractivity contribution in [2.24, 2.45) is 5.92 Å². The van der Waals surface area contributed by atoms with Gasteiger partial charge in [0.15, 0.2) is 0 Å². The van der Waals surface area contributed by atoms with Crippen LogP contribution >= 0.6 is 0 Å². The number of carbonyl (C=O) groups is 1. The molecule has 1 atom stereocenters. The van der Waals surface area contributed by atoms with Crippen LogP contribution in [0, 0.1) is 5.92 Å². The fraction of sp³-hybridized carbons (Fsp3) is 0.476. The topological polar surface area (TPSA) is 70.6 Å². The first kappa shape index (κ1) is 20.1. The third-order valence-electron chi connectivity index (χ3n) is 5.33. The van der Waals surface area contributed by atoms with Crippen molar-refractivity contribution < 1.29 is 9.53 Å². The summed E-state index contributed by atoms with van der Waals surface area (Å²) in [7, 11) is 5.72. The SMILES string of the molecule is COc1ccc(C(CNC(=O)C2CCN(c3cnccn3)CC2)N(C)C)cc1. The Morgan fingerprint density at radius 2 is 1.96 bits per heavy atom. The number of carbonyl (C=O) groups excluding carboxylic acids is 1. The predicted molar refractivity (Wildman–Crippen MR) is 109 cm³/mol. The zero-order valence-corrected chi connectivity index (χ0v) is 16.8. The summed E-state index contributed by atoms with van der Waals surface area (Å²) in [6, 6.07) is 8.13. The van der Waals surface area contributed by atoms with Gasteiger partial charge in [0.25, 0.3) is 0 Å². The molecular weight excluding hydrogens is 354 g/mol. The highest BCUT2D eigenvalue weighted by Crippen LogP contribution is 2.23. The first-order valence-electron chi connectivity index (χ1n) is 9.67. The number of nitrogens with one attached hydrogen (secondary N) is 1. The van der Waals surface area contributed by atoms with Crippen LogP contribution in [0.3, 0.4) is 0 Å². The number of amides is 1. The molecule has 28 heavy (non-hydrogen) atoms. The molecule has 1 aliphatic heterocycles. The average molecular weight is 383 g/mol. The Balaban J connectivity index is 1.52. The largest absolute Gasteiger partial charge is 0.497 e. The molecule has 0 saturated carbocycles. The van der Waals surface area contributed by atoms with Gasteiger partial charge >= 0.3 is 0 Å². The van der Waals surface area contributed by atoms with Gasteiger partial charge in [0, 0.05) is 37.9 Å². The fourth-order valence-electron chi connectivity index (χ4n) is 3.59. The molecule has 150 valence electrons. The van der Waals surface area contributed by atoms with Crippen LogP contribution in [0.4, 0.5) is 5.82 Å². The van der Waals surface area contributed by atoms with E-state index in [0.717, 1.165) is 43.1 Å². The number of ether oxygens (including phenoxy) is 1. The minimum absolute atomic E-state index is 0.0478. The van der Waals surface area contributed by atoms with E-state index in [1.54, 1.807) is 25.7 Å². The van der Waals surface area contributed by atoms with E-state index in [2.05, 4.69) is 37.2 Å². The molecule has 1 aromatic carbocycles. The van der Waals surface area contributed by atoms with Gasteiger partial charge in [0.05, 0.1) is 19.3 Å².